The van der Waals surface area contributed by atoms with E-state index in [-0.39, 0.29) is 17.7 Å². The summed E-state index contributed by atoms with van der Waals surface area (Å²) in [5.74, 6) is -4.99. The van der Waals surface area contributed by atoms with E-state index in [4.69, 9.17) is 4.74 Å². The van der Waals surface area contributed by atoms with Gasteiger partial charge in [0, 0.05) is 18.8 Å². The highest BCUT2D eigenvalue weighted by Gasteiger charge is 2.19. The van der Waals surface area contributed by atoms with E-state index < -0.39 is 29.0 Å². The summed E-state index contributed by atoms with van der Waals surface area (Å²) in [6, 6.07) is 3.08. The number of nitrogens with zero attached hydrogens (tertiary/aromatic N) is 2. The number of hydrogen-bond acceptors (Lipinski definition) is 5. The van der Waals surface area contributed by atoms with Crippen LogP contribution in [0.25, 0.3) is 0 Å². The van der Waals surface area contributed by atoms with E-state index in [2.05, 4.69) is 20.6 Å². The maximum atomic E-state index is 13.7. The third-order valence-corrected chi connectivity index (χ3v) is 3.88. The first-order valence-electron chi connectivity index (χ1n) is 8.10. The first-order valence-corrected chi connectivity index (χ1v) is 8.10. The highest BCUT2D eigenvalue weighted by molar-refractivity contribution is 6.03. The molecule has 1 aromatic heterocycles. The second-order valence-electron chi connectivity index (χ2n) is 5.91. The van der Waals surface area contributed by atoms with Gasteiger partial charge in [0.2, 0.25) is 5.95 Å². The third kappa shape index (κ3) is 4.10. The van der Waals surface area contributed by atoms with E-state index in [9.17, 15) is 18.0 Å². The van der Waals surface area contributed by atoms with Gasteiger partial charge in [0.1, 0.15) is 5.69 Å². The molecular weight excluding hydrogens is 349 g/mol. The molecular formula is C17H17F3N4O2. The Kier molecular flexibility index (Phi) is 5.36. The van der Waals surface area contributed by atoms with Crippen LogP contribution in [-0.4, -0.2) is 35.1 Å². The molecule has 138 valence electrons. The van der Waals surface area contributed by atoms with Gasteiger partial charge >= 0.3 is 0 Å². The molecule has 1 aromatic carbocycles. The lowest BCUT2D eigenvalue weighted by atomic mass is 10.2. The normalized spacial score (nSPS) is 16.5. The van der Waals surface area contributed by atoms with Crippen molar-refractivity contribution in [3.05, 3.63) is 47.0 Å². The minimum atomic E-state index is -1.65. The quantitative estimate of drug-likeness (QED) is 0.796. The van der Waals surface area contributed by atoms with Gasteiger partial charge in [-0.2, -0.15) is 0 Å². The summed E-state index contributed by atoms with van der Waals surface area (Å²) in [7, 11) is 0. The number of halogens is 3. The zero-order valence-electron chi connectivity index (χ0n) is 14.0. The van der Waals surface area contributed by atoms with Crippen molar-refractivity contribution >= 4 is 17.5 Å². The first-order chi connectivity index (χ1) is 12.4. The van der Waals surface area contributed by atoms with Gasteiger partial charge in [0.15, 0.2) is 17.5 Å². The Labute approximate surface area is 147 Å². The van der Waals surface area contributed by atoms with Crippen molar-refractivity contribution in [3.63, 3.8) is 0 Å². The summed E-state index contributed by atoms with van der Waals surface area (Å²) in [4.78, 5) is 20.6. The average Bonchev–Trinajstić information content (AvgIpc) is 3.13. The fourth-order valence-corrected chi connectivity index (χ4v) is 2.58. The van der Waals surface area contributed by atoms with Gasteiger partial charge < -0.3 is 15.4 Å². The zero-order valence-corrected chi connectivity index (χ0v) is 14.0. The number of anilines is 2. The van der Waals surface area contributed by atoms with E-state index in [1.54, 1.807) is 6.92 Å². The first kappa shape index (κ1) is 18.1. The molecule has 1 atom stereocenters. The van der Waals surface area contributed by atoms with Crippen molar-refractivity contribution in [2.75, 3.05) is 23.8 Å². The van der Waals surface area contributed by atoms with Gasteiger partial charge in [-0.3, -0.25) is 4.79 Å². The zero-order chi connectivity index (χ0) is 18.7. The summed E-state index contributed by atoms with van der Waals surface area (Å²) >= 11 is 0. The summed E-state index contributed by atoms with van der Waals surface area (Å²) in [6.45, 7) is 2.89. The number of aromatic nitrogens is 2. The third-order valence-electron chi connectivity index (χ3n) is 3.88. The minimum Gasteiger partial charge on any atom is -0.376 e. The number of carbonyl (C=O) groups is 1. The van der Waals surface area contributed by atoms with Crippen LogP contribution in [0.15, 0.2) is 18.2 Å². The molecule has 0 bridgehead atoms. The summed E-state index contributed by atoms with van der Waals surface area (Å²) in [5, 5.41) is 5.19. The van der Waals surface area contributed by atoms with E-state index in [0.29, 0.717) is 18.8 Å². The van der Waals surface area contributed by atoms with Crippen LogP contribution < -0.4 is 10.6 Å². The Morgan fingerprint density at radius 1 is 1.27 bits per heavy atom. The van der Waals surface area contributed by atoms with E-state index in [1.807, 2.05) is 0 Å². The average molecular weight is 366 g/mol. The molecule has 26 heavy (non-hydrogen) atoms. The Hall–Kier alpha value is -2.68. The van der Waals surface area contributed by atoms with E-state index in [1.165, 1.54) is 6.07 Å². The van der Waals surface area contributed by atoms with E-state index >= 15 is 0 Å². The van der Waals surface area contributed by atoms with Crippen molar-refractivity contribution in [3.8, 4) is 0 Å². The molecule has 0 aliphatic carbocycles. The molecule has 0 radical (unpaired) electrons. The number of ether oxygens (including phenoxy) is 1. The molecule has 0 saturated carbocycles. The molecule has 1 amide bonds. The topological polar surface area (TPSA) is 76.1 Å². The number of rotatable bonds is 5. The van der Waals surface area contributed by atoms with Crippen LogP contribution in [0.1, 0.15) is 29.0 Å². The molecule has 1 unspecified atom stereocenters. The van der Waals surface area contributed by atoms with Gasteiger partial charge in [0.05, 0.1) is 11.8 Å². The highest BCUT2D eigenvalue weighted by atomic mass is 19.2. The smallest absolute Gasteiger partial charge is 0.274 e. The Morgan fingerprint density at radius 3 is 2.81 bits per heavy atom. The minimum absolute atomic E-state index is 0.0310. The fraction of sp³-hybridized carbons (Fsp3) is 0.353. The molecule has 1 aliphatic heterocycles. The number of aryl methyl sites for hydroxylation is 1. The molecule has 9 heteroatoms. The molecule has 1 saturated heterocycles. The number of nitrogens with one attached hydrogen (secondary N) is 2. The van der Waals surface area contributed by atoms with Crippen molar-refractivity contribution in [2.24, 2.45) is 0 Å². The number of amides is 1. The summed E-state index contributed by atoms with van der Waals surface area (Å²) < 4.78 is 45.4. The van der Waals surface area contributed by atoms with Crippen molar-refractivity contribution < 1.29 is 22.7 Å². The Balaban J connectivity index is 1.73. The number of hydrogen-bond donors (Lipinski definition) is 2. The molecule has 2 heterocycles. The van der Waals surface area contributed by atoms with E-state index in [0.717, 1.165) is 25.0 Å². The second kappa shape index (κ2) is 7.69. The van der Waals surface area contributed by atoms with Crippen LogP contribution in [0.5, 0.6) is 0 Å². The van der Waals surface area contributed by atoms with Crippen LogP contribution in [0.3, 0.4) is 0 Å². The number of carbonyl (C=O) groups excluding carboxylic acids is 1. The van der Waals surface area contributed by atoms with Crippen molar-refractivity contribution in [1.82, 2.24) is 9.97 Å². The van der Waals surface area contributed by atoms with Crippen LogP contribution in [-0.2, 0) is 4.74 Å². The van der Waals surface area contributed by atoms with Gasteiger partial charge in [-0.25, -0.2) is 23.1 Å². The maximum Gasteiger partial charge on any atom is 0.274 e. The predicted octanol–water partition coefficient (Wildman–Crippen LogP) is 3.05. The lowest BCUT2D eigenvalue weighted by Gasteiger charge is -2.12. The van der Waals surface area contributed by atoms with Gasteiger partial charge in [-0.15, -0.1) is 0 Å². The fourth-order valence-electron chi connectivity index (χ4n) is 2.58. The second-order valence-corrected chi connectivity index (χ2v) is 5.91. The van der Waals surface area contributed by atoms with Crippen molar-refractivity contribution in [2.45, 2.75) is 25.9 Å². The van der Waals surface area contributed by atoms with Crippen molar-refractivity contribution in [1.29, 1.82) is 0 Å². The molecule has 2 aromatic rings. The SMILES string of the molecule is Cc1cc(C(=O)Nc2ccc(F)c(F)c2F)nc(NCC2CCCO2)n1. The maximum absolute atomic E-state index is 13.7. The Bertz CT molecular complexity index is 826. The lowest BCUT2D eigenvalue weighted by molar-refractivity contribution is 0.102. The monoisotopic (exact) mass is 366 g/mol. The van der Waals surface area contributed by atoms with Crippen LogP contribution in [0.2, 0.25) is 0 Å². The number of benzene rings is 1. The molecule has 1 fully saturated rings. The van der Waals surface area contributed by atoms with Gasteiger partial charge in [-0.05, 0) is 38.0 Å². The predicted molar refractivity (Wildman–Crippen MR) is 88.5 cm³/mol. The highest BCUT2D eigenvalue weighted by Crippen LogP contribution is 2.20. The van der Waals surface area contributed by atoms with Crippen LogP contribution >= 0.6 is 0 Å². The van der Waals surface area contributed by atoms with Crippen LogP contribution in [0.4, 0.5) is 24.8 Å². The van der Waals surface area contributed by atoms with Gasteiger partial charge in [-0.1, -0.05) is 0 Å². The largest absolute Gasteiger partial charge is 0.376 e. The molecule has 2 N–H and O–H groups in total. The lowest BCUT2D eigenvalue weighted by Crippen LogP contribution is -2.21. The standard InChI is InChI=1S/C17H17F3N4O2/c1-9-7-13(24-17(22-9)21-8-10-3-2-6-26-10)16(25)23-12-5-4-11(18)14(19)15(12)20/h4-5,7,10H,2-3,6,8H2,1H3,(H,23,25)(H,21,22,24). The molecule has 0 spiro atoms. The summed E-state index contributed by atoms with van der Waals surface area (Å²) in [5.41, 5.74) is 0.0150. The van der Waals surface area contributed by atoms with Gasteiger partial charge in [0.25, 0.3) is 5.91 Å². The van der Waals surface area contributed by atoms with Crippen LogP contribution in [0, 0.1) is 24.4 Å². The molecule has 3 rings (SSSR count). The Morgan fingerprint density at radius 2 is 2.08 bits per heavy atom. The summed E-state index contributed by atoms with van der Waals surface area (Å²) in [6.07, 6.45) is 1.99. The molecule has 1 aliphatic rings. The molecule has 6 nitrogen and oxygen atoms in total.